The maximum atomic E-state index is 13.0. The molecule has 0 bridgehead atoms. The number of ether oxygens (including phenoxy) is 2. The summed E-state index contributed by atoms with van der Waals surface area (Å²) in [6, 6.07) is 11.3. The van der Waals surface area contributed by atoms with Gasteiger partial charge in [0.2, 0.25) is 5.78 Å². The minimum Gasteiger partial charge on any atom is -0.507 e. The van der Waals surface area contributed by atoms with Gasteiger partial charge in [0.05, 0.1) is 17.7 Å². The molecule has 2 aliphatic heterocycles. The van der Waals surface area contributed by atoms with Gasteiger partial charge in [-0.25, -0.2) is 0 Å². The van der Waals surface area contributed by atoms with E-state index in [-0.39, 0.29) is 17.3 Å². The van der Waals surface area contributed by atoms with Crippen LogP contribution < -0.4 is 9.47 Å². The number of nitrogens with zero attached hydrogens (tertiary/aromatic N) is 1. The van der Waals surface area contributed by atoms with Gasteiger partial charge in [-0.15, -0.1) is 0 Å². The molecule has 2 aliphatic rings. The summed E-state index contributed by atoms with van der Waals surface area (Å²) in [5.74, 6) is 1.45. The molecule has 0 saturated carbocycles. The van der Waals surface area contributed by atoms with Gasteiger partial charge in [-0.05, 0) is 57.5 Å². The molecule has 0 radical (unpaired) electrons. The van der Waals surface area contributed by atoms with E-state index in [2.05, 4.69) is 11.8 Å². The maximum Gasteiger partial charge on any atom is 0.231 e. The molecule has 1 atom stereocenters. The lowest BCUT2D eigenvalue weighted by Crippen LogP contribution is -2.36. The van der Waals surface area contributed by atoms with Crippen LogP contribution in [-0.2, 0) is 6.54 Å². The van der Waals surface area contributed by atoms with Gasteiger partial charge in [-0.3, -0.25) is 9.69 Å². The maximum absolute atomic E-state index is 13.0. The predicted octanol–water partition coefficient (Wildman–Crippen LogP) is 4.78. The van der Waals surface area contributed by atoms with E-state index in [0.717, 1.165) is 24.9 Å². The predicted molar refractivity (Wildman–Crippen MR) is 112 cm³/mol. The van der Waals surface area contributed by atoms with Gasteiger partial charge in [-0.2, -0.15) is 0 Å². The van der Waals surface area contributed by atoms with E-state index in [9.17, 15) is 9.90 Å². The molecule has 152 valence electrons. The number of phenolic OH excluding ortho intramolecular Hbond substituents is 1. The summed E-state index contributed by atoms with van der Waals surface area (Å²) < 4.78 is 11.7. The number of benzene rings is 2. The molecular formula is C24H27NO4. The summed E-state index contributed by atoms with van der Waals surface area (Å²) in [4.78, 5) is 15.3. The molecule has 1 saturated heterocycles. The molecule has 0 amide bonds. The number of carbonyl (C=O) groups is 1. The molecule has 0 unspecified atom stereocenters. The minimum atomic E-state index is -0.167. The van der Waals surface area contributed by atoms with Gasteiger partial charge in [0.15, 0.2) is 5.76 Å². The second kappa shape index (κ2) is 8.29. The third-order valence-corrected chi connectivity index (χ3v) is 5.72. The first-order valence-electron chi connectivity index (χ1n) is 10.3. The third kappa shape index (κ3) is 3.87. The topological polar surface area (TPSA) is 59.0 Å². The molecule has 2 aromatic carbocycles. The van der Waals surface area contributed by atoms with Crippen LogP contribution in [0.1, 0.15) is 54.6 Å². The molecule has 1 fully saturated rings. The average Bonchev–Trinajstić information content (AvgIpc) is 3.03. The summed E-state index contributed by atoms with van der Waals surface area (Å²) in [6.45, 7) is 6.24. The van der Waals surface area contributed by atoms with Crippen LogP contribution in [0.25, 0.3) is 6.08 Å². The van der Waals surface area contributed by atoms with Crippen LogP contribution in [0.4, 0.5) is 0 Å². The standard InChI is InChI=1S/C24H27NO4/c1-3-28-21-10-5-4-9-17(21)14-22-23(27)18-11-12-20(26)19(24(18)29-22)15-25-13-7-6-8-16(25)2/h4-5,9-12,14,16,26H,3,6-8,13,15H2,1-2H3/b22-14-/t16-/m1/s1. The van der Waals surface area contributed by atoms with Crippen molar-refractivity contribution in [1.82, 2.24) is 4.90 Å². The van der Waals surface area contributed by atoms with Crippen LogP contribution in [0.2, 0.25) is 0 Å². The van der Waals surface area contributed by atoms with Crippen molar-refractivity contribution in [2.75, 3.05) is 13.2 Å². The Balaban J connectivity index is 1.66. The number of carbonyl (C=O) groups excluding carboxylic acids is 1. The highest BCUT2D eigenvalue weighted by Crippen LogP contribution is 2.41. The fraction of sp³-hybridized carbons (Fsp3) is 0.375. The number of aromatic hydroxyl groups is 1. The van der Waals surface area contributed by atoms with E-state index in [1.807, 2.05) is 31.2 Å². The highest BCUT2D eigenvalue weighted by atomic mass is 16.5. The summed E-state index contributed by atoms with van der Waals surface area (Å²) in [5.41, 5.74) is 1.98. The van der Waals surface area contributed by atoms with Gasteiger partial charge in [0.25, 0.3) is 0 Å². The second-order valence-electron chi connectivity index (χ2n) is 7.67. The zero-order valence-electron chi connectivity index (χ0n) is 17.0. The summed E-state index contributed by atoms with van der Waals surface area (Å²) in [7, 11) is 0. The number of hydrogen-bond donors (Lipinski definition) is 1. The summed E-state index contributed by atoms with van der Waals surface area (Å²) in [6.07, 6.45) is 5.25. The number of phenols is 1. The molecular weight excluding hydrogens is 366 g/mol. The molecule has 0 aliphatic carbocycles. The Labute approximate surface area is 171 Å². The van der Waals surface area contributed by atoms with E-state index in [1.54, 1.807) is 18.2 Å². The number of Topliss-reactive ketones (excluding diaryl/α,β-unsaturated/α-hetero) is 1. The van der Waals surface area contributed by atoms with Crippen LogP contribution in [0.3, 0.4) is 0 Å². The number of fused-ring (bicyclic) bond motifs is 1. The Morgan fingerprint density at radius 2 is 2.07 bits per heavy atom. The average molecular weight is 393 g/mol. The van der Waals surface area contributed by atoms with Crippen molar-refractivity contribution in [3.05, 3.63) is 58.8 Å². The molecule has 2 aromatic rings. The lowest BCUT2D eigenvalue weighted by Gasteiger charge is -2.33. The van der Waals surface area contributed by atoms with Crippen LogP contribution in [0, 0.1) is 0 Å². The molecule has 5 heteroatoms. The first kappa shape index (κ1) is 19.5. The Bertz CT molecular complexity index is 950. The monoisotopic (exact) mass is 393 g/mol. The first-order chi connectivity index (χ1) is 14.1. The number of likely N-dealkylation sites (tertiary alicyclic amines) is 1. The number of piperidine rings is 1. The number of para-hydroxylation sites is 1. The number of rotatable bonds is 5. The van der Waals surface area contributed by atoms with Crippen molar-refractivity contribution in [2.45, 2.75) is 45.7 Å². The molecule has 0 spiro atoms. The van der Waals surface area contributed by atoms with Crippen molar-refractivity contribution in [3.8, 4) is 17.2 Å². The SMILES string of the molecule is CCOc1ccccc1/C=C1\Oc2c(ccc(O)c2CN2CCCC[C@H]2C)C1=O. The highest BCUT2D eigenvalue weighted by Gasteiger charge is 2.32. The van der Waals surface area contributed by atoms with Crippen molar-refractivity contribution in [1.29, 1.82) is 0 Å². The van der Waals surface area contributed by atoms with Crippen LogP contribution in [0.5, 0.6) is 17.2 Å². The van der Waals surface area contributed by atoms with Crippen molar-refractivity contribution in [3.63, 3.8) is 0 Å². The van der Waals surface area contributed by atoms with E-state index >= 15 is 0 Å². The number of allylic oxidation sites excluding steroid dienone is 1. The molecule has 29 heavy (non-hydrogen) atoms. The summed E-state index contributed by atoms with van der Waals surface area (Å²) in [5, 5.41) is 10.5. The Kier molecular flexibility index (Phi) is 5.58. The van der Waals surface area contributed by atoms with Gasteiger partial charge in [0.1, 0.15) is 17.2 Å². The van der Waals surface area contributed by atoms with Crippen molar-refractivity contribution < 1.29 is 19.4 Å². The molecule has 4 rings (SSSR count). The zero-order chi connectivity index (χ0) is 20.4. The molecule has 2 heterocycles. The van der Waals surface area contributed by atoms with Gasteiger partial charge >= 0.3 is 0 Å². The van der Waals surface area contributed by atoms with Crippen LogP contribution in [-0.4, -0.2) is 35.0 Å². The third-order valence-electron chi connectivity index (χ3n) is 5.72. The smallest absolute Gasteiger partial charge is 0.231 e. The Morgan fingerprint density at radius 1 is 1.24 bits per heavy atom. The van der Waals surface area contributed by atoms with Crippen LogP contribution in [0.15, 0.2) is 42.2 Å². The van der Waals surface area contributed by atoms with Gasteiger partial charge < -0.3 is 14.6 Å². The van der Waals surface area contributed by atoms with Crippen LogP contribution >= 0.6 is 0 Å². The quantitative estimate of drug-likeness (QED) is 0.741. The number of hydrogen-bond acceptors (Lipinski definition) is 5. The van der Waals surface area contributed by atoms with Crippen molar-refractivity contribution in [2.24, 2.45) is 0 Å². The van der Waals surface area contributed by atoms with Crippen molar-refractivity contribution >= 4 is 11.9 Å². The zero-order valence-corrected chi connectivity index (χ0v) is 17.0. The number of ketones is 1. The normalized spacial score (nSPS) is 20.6. The first-order valence-corrected chi connectivity index (χ1v) is 10.3. The van der Waals surface area contributed by atoms with E-state index < -0.39 is 0 Å². The molecule has 0 aromatic heterocycles. The fourth-order valence-electron chi connectivity index (χ4n) is 4.07. The second-order valence-corrected chi connectivity index (χ2v) is 7.67. The van der Waals surface area contributed by atoms with Gasteiger partial charge in [-0.1, -0.05) is 24.6 Å². The van der Waals surface area contributed by atoms with Gasteiger partial charge in [0, 0.05) is 18.2 Å². The lowest BCUT2D eigenvalue weighted by molar-refractivity contribution is 0.101. The highest BCUT2D eigenvalue weighted by molar-refractivity contribution is 6.15. The summed E-state index contributed by atoms with van der Waals surface area (Å²) >= 11 is 0. The molecule has 1 N–H and O–H groups in total. The van der Waals surface area contributed by atoms with E-state index in [4.69, 9.17) is 9.47 Å². The minimum absolute atomic E-state index is 0.167. The largest absolute Gasteiger partial charge is 0.507 e. The lowest BCUT2D eigenvalue weighted by atomic mass is 10.0. The Hall–Kier alpha value is -2.79. The fourth-order valence-corrected chi connectivity index (χ4v) is 4.07. The van der Waals surface area contributed by atoms with E-state index in [1.165, 1.54) is 6.42 Å². The molecule has 5 nitrogen and oxygen atoms in total. The Morgan fingerprint density at radius 3 is 2.86 bits per heavy atom. The van der Waals surface area contributed by atoms with E-state index in [0.29, 0.717) is 41.8 Å².